The van der Waals surface area contributed by atoms with Gasteiger partial charge in [0.15, 0.2) is 0 Å². The zero-order valence-electron chi connectivity index (χ0n) is 9.77. The first kappa shape index (κ1) is 11.6. The lowest BCUT2D eigenvalue weighted by atomic mass is 9.95. The summed E-state index contributed by atoms with van der Waals surface area (Å²) in [5.74, 6) is 0.236. The Bertz CT molecular complexity index is 388. The van der Waals surface area contributed by atoms with Gasteiger partial charge in [-0.15, -0.1) is 11.3 Å². The van der Waals surface area contributed by atoms with Crippen LogP contribution >= 0.6 is 11.3 Å². The molecule has 0 aliphatic carbocycles. The number of aryl methyl sites for hydroxylation is 1. The van der Waals surface area contributed by atoms with E-state index in [1.807, 2.05) is 11.8 Å². The van der Waals surface area contributed by atoms with Crippen molar-refractivity contribution in [2.75, 3.05) is 6.54 Å². The SMILES string of the molecule is CCN1C(=O)CCC(N)C1c1ccc(C)s1. The van der Waals surface area contributed by atoms with E-state index in [9.17, 15) is 4.79 Å². The number of carbonyl (C=O) groups excluding carboxylic acids is 1. The molecule has 2 unspecified atom stereocenters. The van der Waals surface area contributed by atoms with Crippen molar-refractivity contribution in [3.05, 3.63) is 21.9 Å². The van der Waals surface area contributed by atoms with E-state index in [1.54, 1.807) is 11.3 Å². The smallest absolute Gasteiger partial charge is 0.223 e. The predicted octanol–water partition coefficient (Wildman–Crippen LogP) is 2.07. The molecule has 1 aliphatic rings. The number of thiophene rings is 1. The third-order valence-corrected chi connectivity index (χ3v) is 4.22. The van der Waals surface area contributed by atoms with Crippen molar-refractivity contribution in [3.8, 4) is 0 Å². The van der Waals surface area contributed by atoms with Crippen LogP contribution in [-0.4, -0.2) is 23.4 Å². The second kappa shape index (κ2) is 4.55. The molecule has 16 heavy (non-hydrogen) atoms. The Hall–Kier alpha value is -0.870. The highest BCUT2D eigenvalue weighted by atomic mass is 32.1. The molecule has 1 saturated heterocycles. The van der Waals surface area contributed by atoms with Crippen LogP contribution in [0.5, 0.6) is 0 Å². The monoisotopic (exact) mass is 238 g/mol. The summed E-state index contributed by atoms with van der Waals surface area (Å²) < 4.78 is 0. The van der Waals surface area contributed by atoms with Gasteiger partial charge in [-0.25, -0.2) is 0 Å². The van der Waals surface area contributed by atoms with Gasteiger partial charge in [0.2, 0.25) is 5.91 Å². The first-order valence-electron chi connectivity index (χ1n) is 5.75. The molecule has 88 valence electrons. The Labute approximate surface area is 100 Å². The summed E-state index contributed by atoms with van der Waals surface area (Å²) >= 11 is 1.75. The molecular formula is C12H18N2OS. The second-order valence-electron chi connectivity index (χ2n) is 4.28. The third-order valence-electron chi connectivity index (χ3n) is 3.15. The maximum Gasteiger partial charge on any atom is 0.223 e. The normalized spacial score (nSPS) is 26.2. The molecule has 1 aromatic heterocycles. The van der Waals surface area contributed by atoms with Crippen molar-refractivity contribution in [2.24, 2.45) is 5.73 Å². The van der Waals surface area contributed by atoms with Crippen LogP contribution in [0.25, 0.3) is 0 Å². The van der Waals surface area contributed by atoms with E-state index < -0.39 is 0 Å². The molecule has 0 spiro atoms. The summed E-state index contributed by atoms with van der Waals surface area (Å²) in [6.45, 7) is 4.85. The third kappa shape index (κ3) is 1.99. The maximum atomic E-state index is 11.8. The summed E-state index contributed by atoms with van der Waals surface area (Å²) in [6.07, 6.45) is 1.40. The molecule has 0 aromatic carbocycles. The Morgan fingerprint density at radius 2 is 2.31 bits per heavy atom. The minimum atomic E-state index is 0.0794. The fraction of sp³-hybridized carbons (Fsp3) is 0.583. The van der Waals surface area contributed by atoms with Gasteiger partial charge in [0.1, 0.15) is 0 Å². The van der Waals surface area contributed by atoms with Crippen LogP contribution in [0.15, 0.2) is 12.1 Å². The molecule has 0 bridgehead atoms. The molecule has 0 radical (unpaired) electrons. The summed E-state index contributed by atoms with van der Waals surface area (Å²) in [7, 11) is 0. The molecule has 2 N–H and O–H groups in total. The van der Waals surface area contributed by atoms with E-state index in [2.05, 4.69) is 19.1 Å². The molecule has 2 atom stereocenters. The number of carbonyl (C=O) groups is 1. The number of nitrogens with zero attached hydrogens (tertiary/aromatic N) is 1. The van der Waals surface area contributed by atoms with Crippen molar-refractivity contribution in [1.82, 2.24) is 4.90 Å². The fourth-order valence-corrected chi connectivity index (χ4v) is 3.39. The van der Waals surface area contributed by atoms with Gasteiger partial charge < -0.3 is 10.6 Å². The highest BCUT2D eigenvalue weighted by Gasteiger charge is 2.34. The molecule has 0 saturated carbocycles. The van der Waals surface area contributed by atoms with Gasteiger partial charge in [0.25, 0.3) is 0 Å². The van der Waals surface area contributed by atoms with Crippen LogP contribution in [0, 0.1) is 6.92 Å². The highest BCUT2D eigenvalue weighted by Crippen LogP contribution is 2.34. The lowest BCUT2D eigenvalue weighted by molar-refractivity contribution is -0.136. The molecule has 1 aliphatic heterocycles. The fourth-order valence-electron chi connectivity index (χ4n) is 2.33. The van der Waals surface area contributed by atoms with Gasteiger partial charge >= 0.3 is 0 Å². The van der Waals surface area contributed by atoms with Gasteiger partial charge in [-0.3, -0.25) is 4.79 Å². The number of amides is 1. The first-order chi connectivity index (χ1) is 7.63. The average molecular weight is 238 g/mol. The predicted molar refractivity (Wildman–Crippen MR) is 66.4 cm³/mol. The quantitative estimate of drug-likeness (QED) is 0.857. The van der Waals surface area contributed by atoms with E-state index in [1.165, 1.54) is 9.75 Å². The number of hydrogen-bond acceptors (Lipinski definition) is 3. The first-order valence-corrected chi connectivity index (χ1v) is 6.56. The van der Waals surface area contributed by atoms with Gasteiger partial charge in [0, 0.05) is 28.8 Å². The Morgan fingerprint density at radius 3 is 2.88 bits per heavy atom. The topological polar surface area (TPSA) is 46.3 Å². The summed E-state index contributed by atoms with van der Waals surface area (Å²) in [5, 5.41) is 0. The molecule has 4 heteroatoms. The Balaban J connectivity index is 2.30. The van der Waals surface area contributed by atoms with Crippen molar-refractivity contribution in [3.63, 3.8) is 0 Å². The molecule has 2 heterocycles. The maximum absolute atomic E-state index is 11.8. The van der Waals surface area contributed by atoms with E-state index in [4.69, 9.17) is 5.73 Å². The van der Waals surface area contributed by atoms with E-state index in [0.717, 1.165) is 13.0 Å². The number of rotatable bonds is 2. The van der Waals surface area contributed by atoms with Crippen LogP contribution in [0.4, 0.5) is 0 Å². The van der Waals surface area contributed by atoms with E-state index >= 15 is 0 Å². The van der Waals surface area contributed by atoms with Gasteiger partial charge in [-0.2, -0.15) is 0 Å². The number of nitrogens with two attached hydrogens (primary N) is 1. The van der Waals surface area contributed by atoms with Gasteiger partial charge in [-0.05, 0) is 32.4 Å². The van der Waals surface area contributed by atoms with Crippen molar-refractivity contribution in [2.45, 2.75) is 38.8 Å². The molecule has 1 fully saturated rings. The average Bonchev–Trinajstić information content (AvgIpc) is 2.67. The lowest BCUT2D eigenvalue weighted by Gasteiger charge is -2.38. The number of likely N-dealkylation sites (tertiary alicyclic amines) is 1. The second-order valence-corrected chi connectivity index (χ2v) is 5.60. The van der Waals surface area contributed by atoms with Crippen LogP contribution in [0.1, 0.15) is 35.6 Å². The zero-order chi connectivity index (χ0) is 11.7. The molecule has 1 amide bonds. The van der Waals surface area contributed by atoms with Crippen molar-refractivity contribution < 1.29 is 4.79 Å². The van der Waals surface area contributed by atoms with E-state index in [-0.39, 0.29) is 18.0 Å². The summed E-state index contributed by atoms with van der Waals surface area (Å²) in [5.41, 5.74) is 6.16. The molecule has 2 rings (SSSR count). The molecule has 3 nitrogen and oxygen atoms in total. The Morgan fingerprint density at radius 1 is 1.56 bits per heavy atom. The van der Waals surface area contributed by atoms with Crippen molar-refractivity contribution in [1.29, 1.82) is 0 Å². The summed E-state index contributed by atoms with van der Waals surface area (Å²) in [6, 6.07) is 4.37. The Kier molecular flexibility index (Phi) is 3.30. The number of likely N-dealkylation sites (N-methyl/N-ethyl adjacent to an activating group) is 1. The minimum Gasteiger partial charge on any atom is -0.334 e. The van der Waals surface area contributed by atoms with Crippen LogP contribution in [0.3, 0.4) is 0 Å². The zero-order valence-corrected chi connectivity index (χ0v) is 10.6. The van der Waals surface area contributed by atoms with Gasteiger partial charge in [-0.1, -0.05) is 0 Å². The number of piperidine rings is 1. The largest absolute Gasteiger partial charge is 0.334 e. The minimum absolute atomic E-state index is 0.0794. The van der Waals surface area contributed by atoms with Gasteiger partial charge in [0.05, 0.1) is 6.04 Å². The number of hydrogen-bond donors (Lipinski definition) is 1. The van der Waals surface area contributed by atoms with Crippen LogP contribution in [-0.2, 0) is 4.79 Å². The lowest BCUT2D eigenvalue weighted by Crippen LogP contribution is -2.48. The van der Waals surface area contributed by atoms with Crippen molar-refractivity contribution >= 4 is 17.2 Å². The van der Waals surface area contributed by atoms with E-state index in [0.29, 0.717) is 6.42 Å². The standard InChI is InChI=1S/C12H18N2OS/c1-3-14-11(15)7-5-9(13)12(14)10-6-4-8(2)16-10/h4,6,9,12H,3,5,7,13H2,1-2H3. The van der Waals surface area contributed by atoms with Crippen LogP contribution in [0.2, 0.25) is 0 Å². The molecule has 1 aromatic rings. The highest BCUT2D eigenvalue weighted by molar-refractivity contribution is 7.12. The molecular weight excluding hydrogens is 220 g/mol. The summed E-state index contributed by atoms with van der Waals surface area (Å²) in [4.78, 5) is 16.2. The van der Waals surface area contributed by atoms with Crippen LogP contribution < -0.4 is 5.73 Å².